The monoisotopic (exact) mass is 501 g/mol. The Morgan fingerprint density at radius 3 is 2.47 bits per heavy atom. The predicted octanol–water partition coefficient (Wildman–Crippen LogP) is 4.20. The Bertz CT molecular complexity index is 1210. The number of fused-ring (bicyclic) bond motifs is 2. The molecule has 2 atom stereocenters. The maximum absolute atomic E-state index is 6.72. The zero-order valence-electron chi connectivity index (χ0n) is 20.6. The zero-order chi connectivity index (χ0) is 24.3. The summed E-state index contributed by atoms with van der Waals surface area (Å²) in [4.78, 5) is 7.34. The van der Waals surface area contributed by atoms with Gasteiger partial charge in [0.05, 0.1) is 38.4 Å². The largest absolute Gasteiger partial charge is 0.493 e. The molecule has 7 nitrogen and oxygen atoms in total. The molecule has 0 bridgehead atoms. The minimum atomic E-state index is -2.61. The highest BCUT2D eigenvalue weighted by Crippen LogP contribution is 2.58. The van der Waals surface area contributed by atoms with Gasteiger partial charge in [0.25, 0.3) is 0 Å². The Morgan fingerprint density at radius 1 is 1.09 bits per heavy atom. The van der Waals surface area contributed by atoms with Gasteiger partial charge in [-0.3, -0.25) is 0 Å². The molecule has 2 aromatic carbocycles. The fourth-order valence-corrected chi connectivity index (χ4v) is 8.44. The van der Waals surface area contributed by atoms with Gasteiger partial charge < -0.3 is 23.6 Å². The number of hydrogen-bond donors (Lipinski definition) is 0. The number of methoxy groups -OCH3 is 2. The van der Waals surface area contributed by atoms with Crippen molar-refractivity contribution in [3.05, 3.63) is 41.5 Å². The van der Waals surface area contributed by atoms with Crippen molar-refractivity contribution in [1.82, 2.24) is 4.67 Å². The molecule has 2 unspecified atom stereocenters. The molecular formula is C25H32N3O4PS. The van der Waals surface area contributed by atoms with Crippen molar-refractivity contribution in [2.24, 2.45) is 4.99 Å². The minimum Gasteiger partial charge on any atom is -0.493 e. The van der Waals surface area contributed by atoms with E-state index in [1.807, 2.05) is 18.2 Å². The highest BCUT2D eigenvalue weighted by molar-refractivity contribution is 8.15. The van der Waals surface area contributed by atoms with E-state index in [0.29, 0.717) is 36.7 Å². The molecule has 3 aliphatic rings. The minimum absolute atomic E-state index is 0.00235. The van der Waals surface area contributed by atoms with Crippen LogP contribution in [0.15, 0.2) is 35.3 Å². The van der Waals surface area contributed by atoms with E-state index in [-0.39, 0.29) is 5.41 Å². The quantitative estimate of drug-likeness (QED) is 0.582. The summed E-state index contributed by atoms with van der Waals surface area (Å²) in [6.07, 6.45) is -2.61. The van der Waals surface area contributed by atoms with E-state index in [2.05, 4.69) is 49.5 Å². The van der Waals surface area contributed by atoms with Gasteiger partial charge in [0.15, 0.2) is 11.5 Å². The number of nitrogens with zero attached hydrogens (tertiary/aromatic N) is 3. The lowest BCUT2D eigenvalue weighted by Gasteiger charge is -2.40. The van der Waals surface area contributed by atoms with Crippen molar-refractivity contribution >= 4 is 40.8 Å². The Morgan fingerprint density at radius 2 is 1.79 bits per heavy atom. The number of morpholine rings is 1. The smallest absolute Gasteiger partial charge is 0.226 e. The fraction of sp³-hybridized carbons (Fsp3) is 0.480. The fourth-order valence-electron chi connectivity index (χ4n) is 5.02. The number of rotatable bonds is 4. The second-order valence-corrected chi connectivity index (χ2v) is 13.3. The van der Waals surface area contributed by atoms with Gasteiger partial charge in [0.2, 0.25) is 12.3 Å². The molecule has 1 saturated heterocycles. The Labute approximate surface area is 206 Å². The summed E-state index contributed by atoms with van der Waals surface area (Å²) < 4.78 is 25.6. The van der Waals surface area contributed by atoms with E-state index in [1.54, 1.807) is 14.2 Å². The third kappa shape index (κ3) is 3.54. The molecule has 5 rings (SSSR count). The van der Waals surface area contributed by atoms with Crippen molar-refractivity contribution < 1.29 is 18.7 Å². The molecule has 9 heteroatoms. The molecule has 0 amide bonds. The van der Waals surface area contributed by atoms with Gasteiger partial charge in [0, 0.05) is 42.8 Å². The number of ether oxygens (including phenoxy) is 3. The maximum atomic E-state index is 6.72. The highest BCUT2D eigenvalue weighted by Gasteiger charge is 2.45. The van der Waals surface area contributed by atoms with Crippen LogP contribution in [0.5, 0.6) is 11.5 Å². The zero-order valence-corrected chi connectivity index (χ0v) is 22.3. The number of likely N-dealkylation sites (N-methyl/N-ethyl adjacent to an activating group) is 1. The van der Waals surface area contributed by atoms with Crippen LogP contribution in [0.1, 0.15) is 31.9 Å². The van der Waals surface area contributed by atoms with Crippen LogP contribution in [0.4, 0.5) is 11.4 Å². The summed E-state index contributed by atoms with van der Waals surface area (Å²) in [5.41, 5.74) is 4.21. The standard InChI is InChI=1S/C25H32N3O4PS/c1-16-25(2,3)18-14-23-19(15-20(18)27(16)4)26-24(17-7-8-21(29-5)22(13-17)30-6)32-33(23,34)28-9-11-31-12-10-28/h7-8,13-16H,9-12H2,1-6H3. The van der Waals surface area contributed by atoms with Crippen LogP contribution in [0, 0.1) is 0 Å². The van der Waals surface area contributed by atoms with E-state index in [0.717, 1.165) is 29.6 Å². The first-order valence-electron chi connectivity index (χ1n) is 11.6. The maximum Gasteiger partial charge on any atom is 0.226 e. The molecule has 182 valence electrons. The topological polar surface area (TPSA) is 55.8 Å². The Balaban J connectivity index is 1.70. The molecule has 0 spiro atoms. The molecule has 0 aliphatic carbocycles. The molecule has 2 aromatic rings. The number of hydrogen-bond acceptors (Lipinski definition) is 7. The molecular weight excluding hydrogens is 469 g/mol. The van der Waals surface area contributed by atoms with Crippen LogP contribution in [0.3, 0.4) is 0 Å². The van der Waals surface area contributed by atoms with Gasteiger partial charge in [-0.15, -0.1) is 0 Å². The molecule has 3 heterocycles. The van der Waals surface area contributed by atoms with Crippen LogP contribution < -0.4 is 19.7 Å². The molecule has 0 N–H and O–H groups in total. The molecule has 3 aliphatic heterocycles. The van der Waals surface area contributed by atoms with Crippen LogP contribution in [-0.4, -0.2) is 64.2 Å². The summed E-state index contributed by atoms with van der Waals surface area (Å²) in [5.74, 6) is 1.81. The third-order valence-electron chi connectivity index (χ3n) is 7.52. The highest BCUT2D eigenvalue weighted by atomic mass is 32.4. The van der Waals surface area contributed by atoms with E-state index in [1.165, 1.54) is 11.3 Å². The molecule has 0 radical (unpaired) electrons. The lowest BCUT2D eigenvalue weighted by Crippen LogP contribution is -2.39. The van der Waals surface area contributed by atoms with E-state index >= 15 is 0 Å². The van der Waals surface area contributed by atoms with Crippen molar-refractivity contribution in [2.45, 2.75) is 32.2 Å². The number of benzene rings is 2. The molecule has 34 heavy (non-hydrogen) atoms. The van der Waals surface area contributed by atoms with Gasteiger partial charge >= 0.3 is 0 Å². The van der Waals surface area contributed by atoms with Crippen molar-refractivity contribution in [2.75, 3.05) is 52.5 Å². The van der Waals surface area contributed by atoms with Crippen molar-refractivity contribution in [3.8, 4) is 11.5 Å². The second kappa shape index (κ2) is 8.52. The van der Waals surface area contributed by atoms with Gasteiger partial charge in [-0.2, -0.15) is 0 Å². The lowest BCUT2D eigenvalue weighted by molar-refractivity contribution is 0.0723. The van der Waals surface area contributed by atoms with Crippen LogP contribution in [0.25, 0.3) is 0 Å². The molecule has 0 saturated carbocycles. The van der Waals surface area contributed by atoms with Crippen LogP contribution >= 0.6 is 6.42 Å². The SMILES string of the molecule is COc1ccc(C2=Nc3cc4c(cc3P(=S)(N3CCOCC3)O2)C(C)(C)C(C)N4C)cc1OC. The summed E-state index contributed by atoms with van der Waals surface area (Å²) >= 11 is 6.43. The third-order valence-corrected chi connectivity index (χ3v) is 11.6. The summed E-state index contributed by atoms with van der Waals surface area (Å²) in [6.45, 7) is 9.65. The second-order valence-electron chi connectivity index (χ2n) is 9.53. The van der Waals surface area contributed by atoms with Gasteiger partial charge in [-0.05, 0) is 54.6 Å². The first-order chi connectivity index (χ1) is 16.2. The van der Waals surface area contributed by atoms with E-state index in [4.69, 9.17) is 35.5 Å². The first kappa shape index (κ1) is 23.6. The average Bonchev–Trinajstić information content (AvgIpc) is 3.02. The summed E-state index contributed by atoms with van der Waals surface area (Å²) in [6, 6.07) is 10.5. The first-order valence-corrected chi connectivity index (χ1v) is 14.2. The number of aliphatic imine (C=N–C) groups is 1. The molecule has 0 aromatic heterocycles. The van der Waals surface area contributed by atoms with Crippen LogP contribution in [-0.2, 0) is 26.5 Å². The van der Waals surface area contributed by atoms with Gasteiger partial charge in [-0.25, -0.2) is 9.66 Å². The van der Waals surface area contributed by atoms with Crippen molar-refractivity contribution in [1.29, 1.82) is 0 Å². The average molecular weight is 502 g/mol. The molecule has 1 fully saturated rings. The van der Waals surface area contributed by atoms with E-state index in [9.17, 15) is 0 Å². The Hall–Kier alpha value is -2.12. The lowest BCUT2D eigenvalue weighted by atomic mass is 9.81. The number of anilines is 1. The predicted molar refractivity (Wildman–Crippen MR) is 140 cm³/mol. The Kier molecular flexibility index (Phi) is 5.92. The van der Waals surface area contributed by atoms with Crippen LogP contribution in [0.2, 0.25) is 0 Å². The normalized spacial score (nSPS) is 25.8. The summed E-state index contributed by atoms with van der Waals surface area (Å²) in [7, 11) is 5.40. The van der Waals surface area contributed by atoms with Gasteiger partial charge in [0.1, 0.15) is 0 Å². The summed E-state index contributed by atoms with van der Waals surface area (Å²) in [5, 5.41) is 1.03. The van der Waals surface area contributed by atoms with Crippen molar-refractivity contribution in [3.63, 3.8) is 0 Å². The van der Waals surface area contributed by atoms with Gasteiger partial charge in [-0.1, -0.05) is 13.8 Å². The van der Waals surface area contributed by atoms with E-state index < -0.39 is 6.42 Å².